The van der Waals surface area contributed by atoms with Gasteiger partial charge < -0.3 is 9.15 Å². The average molecular weight is 516 g/mol. The summed E-state index contributed by atoms with van der Waals surface area (Å²) in [7, 11) is -3.77. The van der Waals surface area contributed by atoms with Crippen molar-refractivity contribution in [2.75, 3.05) is 6.61 Å². The third-order valence-corrected chi connectivity index (χ3v) is 7.39. The Hall–Kier alpha value is -3.63. The van der Waals surface area contributed by atoms with Crippen LogP contribution in [0.15, 0.2) is 80.8 Å². The molecule has 1 N–H and O–H groups in total. The van der Waals surface area contributed by atoms with Crippen LogP contribution in [0.25, 0.3) is 11.0 Å². The highest BCUT2D eigenvalue weighted by molar-refractivity contribution is 7.89. The van der Waals surface area contributed by atoms with Gasteiger partial charge in [0.1, 0.15) is 11.3 Å². The first-order valence-electron chi connectivity index (χ1n) is 11.1. The van der Waals surface area contributed by atoms with Gasteiger partial charge in [0.25, 0.3) is 0 Å². The summed E-state index contributed by atoms with van der Waals surface area (Å²) >= 11 is 0. The van der Waals surface area contributed by atoms with E-state index in [1.54, 1.807) is 18.2 Å². The summed E-state index contributed by atoms with van der Waals surface area (Å²) in [5.41, 5.74) is 0.854. The summed E-state index contributed by atoms with van der Waals surface area (Å²) in [6.45, 7) is 0.752. The summed E-state index contributed by atoms with van der Waals surface area (Å²) in [6.07, 6.45) is -3.65. The van der Waals surface area contributed by atoms with E-state index < -0.39 is 27.4 Å². The molecule has 1 aliphatic heterocycles. The summed E-state index contributed by atoms with van der Waals surface area (Å²) in [5.74, 6) is 0.822. The van der Waals surface area contributed by atoms with E-state index in [2.05, 4.69) is 4.72 Å². The largest absolute Gasteiger partial charge is 0.493 e. The molecule has 0 saturated heterocycles. The molecule has 5 rings (SSSR count). The molecule has 0 aliphatic carbocycles. The maximum absolute atomic E-state index is 13.4. The number of hydrogen-bond acceptors (Lipinski definition) is 5. The Labute approximate surface area is 204 Å². The molecule has 0 fully saturated rings. The van der Waals surface area contributed by atoms with Crippen molar-refractivity contribution in [1.29, 1.82) is 0 Å². The van der Waals surface area contributed by atoms with Crippen LogP contribution in [0.1, 0.15) is 27.8 Å². The predicted molar refractivity (Wildman–Crippen MR) is 126 cm³/mol. The highest BCUT2D eigenvalue weighted by Gasteiger charge is 2.34. The molecule has 0 unspecified atom stereocenters. The minimum atomic E-state index is -4.70. The Morgan fingerprint density at radius 1 is 0.889 bits per heavy atom. The molecular formula is C26H20F3NO5S. The molecule has 0 spiro atoms. The molecule has 3 aromatic carbocycles. The van der Waals surface area contributed by atoms with Gasteiger partial charge in [-0.15, -0.1) is 0 Å². The Morgan fingerprint density at radius 3 is 2.36 bits per heavy atom. The van der Waals surface area contributed by atoms with Crippen molar-refractivity contribution in [2.24, 2.45) is 0 Å². The second-order valence-corrected chi connectivity index (χ2v) is 10.3. The Kier molecular flexibility index (Phi) is 6.09. The van der Waals surface area contributed by atoms with Crippen LogP contribution in [-0.4, -0.2) is 15.0 Å². The molecule has 36 heavy (non-hydrogen) atoms. The maximum atomic E-state index is 13.4. The third-order valence-electron chi connectivity index (χ3n) is 5.97. The number of benzene rings is 3. The first-order valence-corrected chi connectivity index (χ1v) is 12.5. The zero-order valence-corrected chi connectivity index (χ0v) is 19.6. The van der Waals surface area contributed by atoms with E-state index in [1.807, 2.05) is 18.2 Å². The van der Waals surface area contributed by atoms with E-state index in [4.69, 9.17) is 9.15 Å². The molecule has 0 atom stereocenters. The number of rotatable bonds is 6. The number of alkyl halides is 3. The number of halogens is 3. The van der Waals surface area contributed by atoms with Crippen molar-refractivity contribution in [3.05, 3.63) is 105 Å². The fourth-order valence-corrected chi connectivity index (χ4v) is 5.21. The first-order chi connectivity index (χ1) is 17.1. The van der Waals surface area contributed by atoms with Crippen molar-refractivity contribution in [3.8, 4) is 5.75 Å². The fourth-order valence-electron chi connectivity index (χ4n) is 4.19. The van der Waals surface area contributed by atoms with E-state index in [1.165, 1.54) is 24.3 Å². The lowest BCUT2D eigenvalue weighted by molar-refractivity contribution is -0.136. The van der Waals surface area contributed by atoms with Crippen LogP contribution >= 0.6 is 0 Å². The molecular weight excluding hydrogens is 495 g/mol. The number of fused-ring (bicyclic) bond motifs is 2. The summed E-state index contributed by atoms with van der Waals surface area (Å²) < 4.78 is 78.6. The standard InChI is InChI=1S/C26H20F3NO5S/c27-26(28,29)22-14-25(31)35-24-8-3-17(13-21(22)24)11-16-1-5-20(6-2-16)36(32,33)30-15-18-4-7-23-19(12-18)9-10-34-23/h1-8,12-14,30H,9-11,15H2. The molecule has 1 aromatic heterocycles. The van der Waals surface area contributed by atoms with E-state index in [0.717, 1.165) is 23.3 Å². The zero-order chi connectivity index (χ0) is 25.5. The number of sulfonamides is 1. The van der Waals surface area contributed by atoms with E-state index >= 15 is 0 Å². The van der Waals surface area contributed by atoms with E-state index in [-0.39, 0.29) is 28.8 Å². The van der Waals surface area contributed by atoms with Crippen molar-refractivity contribution in [1.82, 2.24) is 4.72 Å². The highest BCUT2D eigenvalue weighted by Crippen LogP contribution is 2.34. The van der Waals surface area contributed by atoms with Crippen LogP contribution in [0.2, 0.25) is 0 Å². The van der Waals surface area contributed by atoms with Gasteiger partial charge in [-0.2, -0.15) is 13.2 Å². The van der Waals surface area contributed by atoms with Crippen LogP contribution < -0.4 is 15.1 Å². The van der Waals surface area contributed by atoms with Crippen LogP contribution in [0, 0.1) is 0 Å². The van der Waals surface area contributed by atoms with Crippen molar-refractivity contribution < 1.29 is 30.7 Å². The average Bonchev–Trinajstić information content (AvgIpc) is 3.30. The summed E-state index contributed by atoms with van der Waals surface area (Å²) in [6, 6.07) is 16.4. The summed E-state index contributed by atoms with van der Waals surface area (Å²) in [5, 5.41) is -0.207. The van der Waals surface area contributed by atoms with Crippen LogP contribution in [0.5, 0.6) is 5.75 Å². The quantitative estimate of drug-likeness (QED) is 0.373. The molecule has 10 heteroatoms. The van der Waals surface area contributed by atoms with Gasteiger partial charge in [0, 0.05) is 24.4 Å². The Morgan fingerprint density at radius 2 is 1.61 bits per heavy atom. The zero-order valence-electron chi connectivity index (χ0n) is 18.8. The van der Waals surface area contributed by atoms with Crippen LogP contribution in [0.4, 0.5) is 13.2 Å². The van der Waals surface area contributed by atoms with Crippen LogP contribution in [-0.2, 0) is 35.6 Å². The topological polar surface area (TPSA) is 85.6 Å². The molecule has 2 heterocycles. The monoisotopic (exact) mass is 515 g/mol. The predicted octanol–water partition coefficient (Wildman–Crippen LogP) is 4.82. The minimum absolute atomic E-state index is 0.0791. The van der Waals surface area contributed by atoms with Gasteiger partial charge in [0.15, 0.2) is 0 Å². The molecule has 6 nitrogen and oxygen atoms in total. The van der Waals surface area contributed by atoms with Crippen molar-refractivity contribution >= 4 is 21.0 Å². The second kappa shape index (κ2) is 9.11. The van der Waals surface area contributed by atoms with Gasteiger partial charge in [-0.05, 0) is 59.0 Å². The van der Waals surface area contributed by atoms with Crippen molar-refractivity contribution in [3.63, 3.8) is 0 Å². The number of ether oxygens (including phenoxy) is 1. The van der Waals surface area contributed by atoms with E-state index in [0.29, 0.717) is 23.8 Å². The molecule has 1 aliphatic rings. The highest BCUT2D eigenvalue weighted by atomic mass is 32.2. The second-order valence-electron chi connectivity index (χ2n) is 8.49. The van der Waals surface area contributed by atoms with Crippen molar-refractivity contribution in [2.45, 2.75) is 30.5 Å². The summed E-state index contributed by atoms with van der Waals surface area (Å²) in [4.78, 5) is 11.6. The third kappa shape index (κ3) is 5.00. The molecule has 0 bridgehead atoms. The van der Waals surface area contributed by atoms with Gasteiger partial charge in [-0.3, -0.25) is 0 Å². The SMILES string of the molecule is O=c1cc(C(F)(F)F)c2cc(Cc3ccc(S(=O)(=O)NCc4ccc5c(c4)CCO5)cc3)ccc2o1. The lowest BCUT2D eigenvalue weighted by atomic mass is 10.0. The number of hydrogen-bond donors (Lipinski definition) is 1. The normalized spacial score (nSPS) is 13.5. The van der Waals surface area contributed by atoms with Gasteiger partial charge in [0.2, 0.25) is 10.0 Å². The first kappa shape index (κ1) is 24.1. The Balaban J connectivity index is 1.31. The molecule has 0 radical (unpaired) electrons. The molecule has 0 amide bonds. The van der Waals surface area contributed by atoms with Gasteiger partial charge in [-0.1, -0.05) is 30.3 Å². The number of nitrogens with one attached hydrogen (secondary N) is 1. The molecule has 0 saturated carbocycles. The lowest BCUT2D eigenvalue weighted by Gasteiger charge is -2.11. The molecule has 186 valence electrons. The lowest BCUT2D eigenvalue weighted by Crippen LogP contribution is -2.23. The minimum Gasteiger partial charge on any atom is -0.493 e. The smallest absolute Gasteiger partial charge is 0.417 e. The van der Waals surface area contributed by atoms with Gasteiger partial charge in [-0.25, -0.2) is 17.9 Å². The fraction of sp³-hybridized carbons (Fsp3) is 0.192. The molecule has 4 aromatic rings. The van der Waals surface area contributed by atoms with Gasteiger partial charge in [0.05, 0.1) is 17.1 Å². The Bertz CT molecular complexity index is 1610. The van der Waals surface area contributed by atoms with Gasteiger partial charge >= 0.3 is 11.8 Å². The van der Waals surface area contributed by atoms with Crippen LogP contribution in [0.3, 0.4) is 0 Å². The van der Waals surface area contributed by atoms with E-state index in [9.17, 15) is 26.4 Å². The maximum Gasteiger partial charge on any atom is 0.417 e.